The molecule has 8 heteroatoms. The lowest BCUT2D eigenvalue weighted by Crippen LogP contribution is -2.64. The molecule has 0 saturated carbocycles. The minimum Gasteiger partial charge on any atom is -0.504 e. The number of ether oxygens (including phenoxy) is 1. The number of carbonyl (C=O) groups is 2. The maximum atomic E-state index is 13.2. The largest absolute Gasteiger partial charge is 0.504 e. The van der Waals surface area contributed by atoms with Crippen molar-refractivity contribution in [2.75, 3.05) is 6.61 Å². The minimum atomic E-state index is -2.01. The van der Waals surface area contributed by atoms with Crippen LogP contribution in [0, 0.1) is 0 Å². The normalized spacial score (nSPS) is 30.0. The van der Waals surface area contributed by atoms with Crippen LogP contribution >= 0.6 is 46.4 Å². The number of Topliss-reactive ketones (excluding diaryl/α,β-unsaturated/α-hetero) is 2. The quantitative estimate of drug-likeness (QED) is 0.627. The van der Waals surface area contributed by atoms with Gasteiger partial charge in [0, 0.05) is 11.5 Å². The molecule has 0 fully saturated rings. The van der Waals surface area contributed by atoms with Crippen molar-refractivity contribution in [3.05, 3.63) is 58.1 Å². The average molecular weight is 462 g/mol. The Kier molecular flexibility index (Phi) is 5.63. The maximum absolute atomic E-state index is 13.2. The highest BCUT2D eigenvalue weighted by molar-refractivity contribution is 6.66. The number of phenols is 1. The van der Waals surface area contributed by atoms with Gasteiger partial charge in [0.1, 0.15) is 19.8 Å². The number of fused-ring (bicyclic) bond motifs is 1. The van der Waals surface area contributed by atoms with E-state index in [1.54, 1.807) is 31.2 Å². The number of halogens is 4. The van der Waals surface area contributed by atoms with Gasteiger partial charge in [0.05, 0.1) is 6.61 Å². The fourth-order valence-corrected chi connectivity index (χ4v) is 5.17. The number of hydrogen-bond donors (Lipinski definition) is 1. The third-order valence-electron chi connectivity index (χ3n) is 5.09. The summed E-state index contributed by atoms with van der Waals surface area (Å²) in [7, 11) is 0. The van der Waals surface area contributed by atoms with Crippen molar-refractivity contribution in [1.82, 2.24) is 0 Å². The smallest absolute Gasteiger partial charge is 0.199 e. The number of para-hydroxylation sites is 1. The Morgan fingerprint density at radius 2 is 1.89 bits per heavy atom. The van der Waals surface area contributed by atoms with Gasteiger partial charge in [0.15, 0.2) is 23.1 Å². The molecule has 3 atom stereocenters. The molecule has 0 aliphatic heterocycles. The molecule has 1 N–H and O–H groups in total. The number of benzene rings is 1. The number of rotatable bonds is 4. The second-order valence-electron chi connectivity index (χ2n) is 6.47. The molecule has 0 radical (unpaired) electrons. The van der Waals surface area contributed by atoms with E-state index < -0.39 is 37.3 Å². The van der Waals surface area contributed by atoms with E-state index in [-0.39, 0.29) is 23.5 Å². The highest BCUT2D eigenvalue weighted by Crippen LogP contribution is 2.60. The third kappa shape index (κ3) is 2.73. The number of aromatic hydroxyl groups is 1. The first kappa shape index (κ1) is 21.3. The van der Waals surface area contributed by atoms with Crippen LogP contribution in [0.3, 0.4) is 0 Å². The highest BCUT2D eigenvalue weighted by atomic mass is 35.5. The van der Waals surface area contributed by atoms with E-state index in [2.05, 4.69) is 6.58 Å². The Morgan fingerprint density at radius 3 is 2.50 bits per heavy atom. The summed E-state index contributed by atoms with van der Waals surface area (Å²) in [4.78, 5) is 22.2. The van der Waals surface area contributed by atoms with Crippen molar-refractivity contribution in [2.45, 2.75) is 29.0 Å². The topological polar surface area (TPSA) is 63.6 Å². The molecule has 2 aliphatic rings. The Hall–Kier alpha value is -1.46. The lowest BCUT2D eigenvalue weighted by Gasteiger charge is -2.50. The van der Waals surface area contributed by atoms with E-state index in [0.29, 0.717) is 12.2 Å². The summed E-state index contributed by atoms with van der Waals surface area (Å²) in [6, 6.07) is 4.80. The molecule has 1 aromatic carbocycles. The number of phenolic OH excluding ortho intramolecular Hbond substituents is 1. The molecule has 0 saturated heterocycles. The molecule has 4 nitrogen and oxygen atoms in total. The van der Waals surface area contributed by atoms with Crippen molar-refractivity contribution in [2.24, 2.45) is 0 Å². The first-order valence-corrected chi connectivity index (χ1v) is 9.96. The lowest BCUT2D eigenvalue weighted by atomic mass is 9.62. The predicted octanol–water partition coefficient (Wildman–Crippen LogP) is 5.19. The number of ketones is 2. The zero-order valence-electron chi connectivity index (χ0n) is 14.8. The first-order chi connectivity index (χ1) is 13.1. The molecular weight excluding hydrogens is 446 g/mol. The van der Waals surface area contributed by atoms with E-state index in [4.69, 9.17) is 51.1 Å². The van der Waals surface area contributed by atoms with Gasteiger partial charge in [-0.1, -0.05) is 54.1 Å². The van der Waals surface area contributed by atoms with Crippen molar-refractivity contribution in [1.29, 1.82) is 0 Å². The van der Waals surface area contributed by atoms with Crippen LogP contribution in [0.2, 0.25) is 0 Å². The van der Waals surface area contributed by atoms with Crippen LogP contribution in [0.4, 0.5) is 0 Å². The Balaban J connectivity index is 2.33. The number of carbonyl (C=O) groups excluding carboxylic acids is 2. The molecule has 0 bridgehead atoms. The van der Waals surface area contributed by atoms with E-state index in [1.807, 2.05) is 0 Å². The van der Waals surface area contributed by atoms with Crippen molar-refractivity contribution < 1.29 is 19.4 Å². The van der Waals surface area contributed by atoms with Gasteiger partial charge >= 0.3 is 0 Å². The van der Waals surface area contributed by atoms with E-state index in [1.165, 1.54) is 6.08 Å². The van der Waals surface area contributed by atoms with E-state index in [0.717, 1.165) is 0 Å². The molecule has 3 rings (SSSR count). The predicted molar refractivity (Wildman–Crippen MR) is 111 cm³/mol. The maximum Gasteiger partial charge on any atom is 0.199 e. The van der Waals surface area contributed by atoms with Crippen LogP contribution in [-0.4, -0.2) is 33.0 Å². The van der Waals surface area contributed by atoms with Crippen LogP contribution in [0.5, 0.6) is 11.5 Å². The van der Waals surface area contributed by atoms with Crippen LogP contribution in [0.25, 0.3) is 0 Å². The van der Waals surface area contributed by atoms with E-state index >= 15 is 0 Å². The van der Waals surface area contributed by atoms with Gasteiger partial charge in [0.2, 0.25) is 0 Å². The van der Waals surface area contributed by atoms with Crippen molar-refractivity contribution >= 4 is 58.0 Å². The Labute approximate surface area is 182 Å². The standard InChI is InChI=1S/C20H16Cl4O4/c1-3-10-8-9-19(23)17(26)14(21)15(22)18(27)20(19,24)13(10)11-6-5-7-12(16(11)25)28-4-2/h3,5-8,13,25H,1,4,9H2,2H3. The van der Waals surface area contributed by atoms with Gasteiger partial charge < -0.3 is 9.84 Å². The fraction of sp³-hybridized carbons (Fsp3) is 0.300. The molecule has 0 heterocycles. The molecule has 28 heavy (non-hydrogen) atoms. The summed E-state index contributed by atoms with van der Waals surface area (Å²) >= 11 is 25.6. The summed E-state index contributed by atoms with van der Waals surface area (Å²) < 4.78 is 5.44. The van der Waals surface area contributed by atoms with Crippen molar-refractivity contribution in [3.8, 4) is 11.5 Å². The van der Waals surface area contributed by atoms with Gasteiger partial charge in [-0.15, -0.1) is 23.2 Å². The summed E-state index contributed by atoms with van der Waals surface area (Å²) in [6.45, 7) is 5.85. The van der Waals surface area contributed by atoms with Crippen LogP contribution < -0.4 is 4.74 Å². The minimum absolute atomic E-state index is 0.0488. The zero-order chi connectivity index (χ0) is 20.9. The second-order valence-corrected chi connectivity index (χ2v) is 8.47. The van der Waals surface area contributed by atoms with Crippen LogP contribution in [0.1, 0.15) is 24.8 Å². The highest BCUT2D eigenvalue weighted by Gasteiger charge is 2.68. The lowest BCUT2D eigenvalue weighted by molar-refractivity contribution is -0.127. The molecule has 148 valence electrons. The average Bonchev–Trinajstić information content (AvgIpc) is 2.68. The van der Waals surface area contributed by atoms with E-state index in [9.17, 15) is 14.7 Å². The SMILES string of the molecule is C=CC1=CCC2(Cl)C(=O)C(Cl)=C(Cl)C(=O)C2(Cl)C1c1cccc(OCC)c1O. The number of alkyl halides is 2. The zero-order valence-corrected chi connectivity index (χ0v) is 17.8. The van der Waals surface area contributed by atoms with Gasteiger partial charge in [0.25, 0.3) is 0 Å². The van der Waals surface area contributed by atoms with Gasteiger partial charge in [-0.05, 0) is 25.0 Å². The number of allylic oxidation sites excluding steroid dienone is 5. The molecule has 0 aromatic heterocycles. The molecular formula is C20H16Cl4O4. The molecule has 1 aromatic rings. The first-order valence-electron chi connectivity index (χ1n) is 8.45. The Bertz CT molecular complexity index is 952. The summed E-state index contributed by atoms with van der Waals surface area (Å²) in [5, 5.41) is 9.87. The van der Waals surface area contributed by atoms with Crippen LogP contribution in [0.15, 0.2) is 52.6 Å². The third-order valence-corrected chi connectivity index (χ3v) is 7.34. The molecule has 3 unspecified atom stereocenters. The molecule has 2 aliphatic carbocycles. The van der Waals surface area contributed by atoms with Gasteiger partial charge in [-0.2, -0.15) is 0 Å². The summed E-state index contributed by atoms with van der Waals surface area (Å²) in [5.74, 6) is -2.52. The summed E-state index contributed by atoms with van der Waals surface area (Å²) in [5.41, 5.74) is 0.791. The van der Waals surface area contributed by atoms with Gasteiger partial charge in [-0.25, -0.2) is 0 Å². The monoisotopic (exact) mass is 460 g/mol. The number of hydrogen-bond acceptors (Lipinski definition) is 4. The molecule has 0 spiro atoms. The fourth-order valence-electron chi connectivity index (χ4n) is 3.72. The van der Waals surface area contributed by atoms with Crippen LogP contribution in [-0.2, 0) is 9.59 Å². The van der Waals surface area contributed by atoms with Gasteiger partial charge in [-0.3, -0.25) is 9.59 Å². The Morgan fingerprint density at radius 1 is 1.25 bits per heavy atom. The van der Waals surface area contributed by atoms with Crippen molar-refractivity contribution in [3.63, 3.8) is 0 Å². The summed E-state index contributed by atoms with van der Waals surface area (Å²) in [6.07, 6.45) is 3.11. The molecule has 0 amide bonds. The second kappa shape index (κ2) is 7.42.